The Bertz CT molecular complexity index is 192. The molecule has 6 heteroatoms. The molecule has 0 spiro atoms. The van der Waals surface area contributed by atoms with E-state index in [9.17, 15) is 4.57 Å². The lowest BCUT2D eigenvalue weighted by Crippen LogP contribution is -2.44. The van der Waals surface area contributed by atoms with Crippen molar-refractivity contribution < 1.29 is 14.4 Å². The van der Waals surface area contributed by atoms with Gasteiger partial charge >= 0.3 is 7.60 Å². The molecule has 0 saturated heterocycles. The SMILES string of the molecule is CC(C)C[C@@H](N)[C@@H](N)CP(=O)(O)O. The van der Waals surface area contributed by atoms with Crippen molar-refractivity contribution in [1.82, 2.24) is 0 Å². The van der Waals surface area contributed by atoms with E-state index < -0.39 is 13.6 Å². The summed E-state index contributed by atoms with van der Waals surface area (Å²) in [5.41, 5.74) is 11.2. The first-order chi connectivity index (χ1) is 5.72. The third-order valence-electron chi connectivity index (χ3n) is 1.74. The van der Waals surface area contributed by atoms with Gasteiger partial charge in [-0.15, -0.1) is 0 Å². The first kappa shape index (κ1) is 13.1. The minimum atomic E-state index is -4.02. The van der Waals surface area contributed by atoms with Gasteiger partial charge in [-0.3, -0.25) is 4.57 Å². The second-order valence-electron chi connectivity index (χ2n) is 3.80. The van der Waals surface area contributed by atoms with E-state index in [-0.39, 0.29) is 12.2 Å². The highest BCUT2D eigenvalue weighted by atomic mass is 31.2. The average Bonchev–Trinajstić information content (AvgIpc) is 1.81. The smallest absolute Gasteiger partial charge is 0.326 e. The van der Waals surface area contributed by atoms with Crippen molar-refractivity contribution in [2.45, 2.75) is 32.4 Å². The van der Waals surface area contributed by atoms with Gasteiger partial charge in [0.05, 0.1) is 6.16 Å². The Labute approximate surface area is 78.7 Å². The monoisotopic (exact) mass is 210 g/mol. The van der Waals surface area contributed by atoms with Crippen LogP contribution >= 0.6 is 7.60 Å². The zero-order valence-electron chi connectivity index (χ0n) is 8.05. The highest BCUT2D eigenvalue weighted by Crippen LogP contribution is 2.35. The fraction of sp³-hybridized carbons (Fsp3) is 1.00. The minimum Gasteiger partial charge on any atom is -0.326 e. The van der Waals surface area contributed by atoms with Gasteiger partial charge in [0.1, 0.15) is 0 Å². The molecule has 6 N–H and O–H groups in total. The number of hydrogen-bond donors (Lipinski definition) is 4. The van der Waals surface area contributed by atoms with Crippen molar-refractivity contribution >= 4 is 7.60 Å². The Balaban J connectivity index is 3.96. The van der Waals surface area contributed by atoms with Crippen LogP contribution < -0.4 is 11.5 Å². The van der Waals surface area contributed by atoms with E-state index in [1.54, 1.807) is 0 Å². The van der Waals surface area contributed by atoms with Gasteiger partial charge in [-0.25, -0.2) is 0 Å². The topological polar surface area (TPSA) is 110 Å². The van der Waals surface area contributed by atoms with Crippen LogP contribution in [0.5, 0.6) is 0 Å². The lowest BCUT2D eigenvalue weighted by Gasteiger charge is -2.21. The lowest BCUT2D eigenvalue weighted by molar-refractivity contribution is 0.358. The van der Waals surface area contributed by atoms with Crippen molar-refractivity contribution in [2.75, 3.05) is 6.16 Å². The summed E-state index contributed by atoms with van der Waals surface area (Å²) in [5, 5.41) is 0. The van der Waals surface area contributed by atoms with Crippen molar-refractivity contribution in [3.8, 4) is 0 Å². The Kier molecular flexibility index (Phi) is 5.10. The molecule has 80 valence electrons. The maximum absolute atomic E-state index is 10.6. The number of rotatable bonds is 5. The summed E-state index contributed by atoms with van der Waals surface area (Å²) < 4.78 is 10.6. The van der Waals surface area contributed by atoms with Gasteiger partial charge in [-0.1, -0.05) is 13.8 Å². The summed E-state index contributed by atoms with van der Waals surface area (Å²) in [6, 6.07) is -0.962. The lowest BCUT2D eigenvalue weighted by atomic mass is 10.00. The molecule has 0 aromatic rings. The van der Waals surface area contributed by atoms with Gasteiger partial charge in [-0.05, 0) is 12.3 Å². The van der Waals surface area contributed by atoms with Gasteiger partial charge in [0, 0.05) is 12.1 Å². The van der Waals surface area contributed by atoms with E-state index >= 15 is 0 Å². The van der Waals surface area contributed by atoms with Gasteiger partial charge in [0.2, 0.25) is 0 Å². The molecule has 0 aromatic carbocycles. The predicted octanol–water partition coefficient (Wildman–Crippen LogP) is -0.135. The highest BCUT2D eigenvalue weighted by molar-refractivity contribution is 7.51. The predicted molar refractivity (Wildman–Crippen MR) is 52.3 cm³/mol. The van der Waals surface area contributed by atoms with Crippen molar-refractivity contribution in [3.05, 3.63) is 0 Å². The first-order valence-electron chi connectivity index (χ1n) is 4.28. The molecule has 0 aliphatic rings. The molecule has 0 heterocycles. The van der Waals surface area contributed by atoms with Crippen LogP contribution in [0.3, 0.4) is 0 Å². The Morgan fingerprint density at radius 2 is 1.69 bits per heavy atom. The Morgan fingerprint density at radius 3 is 2.00 bits per heavy atom. The highest BCUT2D eigenvalue weighted by Gasteiger charge is 2.23. The largest absolute Gasteiger partial charge is 0.327 e. The standard InChI is InChI=1S/C7H19N2O3P/c1-5(2)3-6(8)7(9)4-13(10,11)12/h5-7H,3-4,8-9H2,1-2H3,(H2,10,11,12)/t6-,7+/m1/s1. The van der Waals surface area contributed by atoms with E-state index in [1.807, 2.05) is 13.8 Å². The number of hydrogen-bond acceptors (Lipinski definition) is 3. The molecule has 0 saturated carbocycles. The van der Waals surface area contributed by atoms with Crippen LogP contribution in [-0.4, -0.2) is 28.0 Å². The normalized spacial score (nSPS) is 17.5. The van der Waals surface area contributed by atoms with Gasteiger partial charge in [-0.2, -0.15) is 0 Å². The third kappa shape index (κ3) is 7.16. The summed E-state index contributed by atoms with van der Waals surface area (Å²) in [6.45, 7) is 3.98. The number of nitrogens with two attached hydrogens (primary N) is 2. The van der Waals surface area contributed by atoms with Crippen LogP contribution in [0, 0.1) is 5.92 Å². The zero-order valence-corrected chi connectivity index (χ0v) is 8.95. The minimum absolute atomic E-state index is 0.332. The van der Waals surface area contributed by atoms with Crippen LogP contribution in [-0.2, 0) is 4.57 Å². The molecule has 0 aliphatic carbocycles. The van der Waals surface area contributed by atoms with E-state index in [2.05, 4.69) is 0 Å². The molecule has 0 radical (unpaired) electrons. The first-order valence-corrected chi connectivity index (χ1v) is 6.08. The van der Waals surface area contributed by atoms with Crippen LogP contribution in [0.4, 0.5) is 0 Å². The molecule has 0 aromatic heterocycles. The van der Waals surface area contributed by atoms with E-state index in [1.165, 1.54) is 0 Å². The van der Waals surface area contributed by atoms with E-state index in [0.717, 1.165) is 0 Å². The third-order valence-corrected chi connectivity index (χ3v) is 2.64. The summed E-state index contributed by atoms with van der Waals surface area (Å²) in [6.07, 6.45) is 0.349. The molecule has 13 heavy (non-hydrogen) atoms. The molecule has 0 fully saturated rings. The molecule has 0 bridgehead atoms. The maximum atomic E-state index is 10.6. The van der Waals surface area contributed by atoms with Crippen molar-refractivity contribution in [2.24, 2.45) is 17.4 Å². The summed E-state index contributed by atoms with van der Waals surface area (Å²) in [5.74, 6) is 0.387. The second kappa shape index (κ2) is 5.08. The molecule has 0 rings (SSSR count). The maximum Gasteiger partial charge on any atom is 0.327 e. The van der Waals surface area contributed by atoms with Crippen LogP contribution in [0.25, 0.3) is 0 Å². The zero-order chi connectivity index (χ0) is 10.6. The van der Waals surface area contributed by atoms with Gasteiger partial charge in [0.15, 0.2) is 0 Å². The average molecular weight is 210 g/mol. The summed E-state index contributed by atoms with van der Waals surface area (Å²) in [4.78, 5) is 17.3. The molecule has 0 unspecified atom stereocenters. The Hall–Kier alpha value is 0.0700. The van der Waals surface area contributed by atoms with E-state index in [4.69, 9.17) is 21.3 Å². The molecular weight excluding hydrogens is 191 g/mol. The van der Waals surface area contributed by atoms with Crippen LogP contribution in [0.2, 0.25) is 0 Å². The fourth-order valence-corrected chi connectivity index (χ4v) is 1.95. The molecule has 2 atom stereocenters. The quantitative estimate of drug-likeness (QED) is 0.472. The molecule has 0 amide bonds. The molecule has 0 aliphatic heterocycles. The van der Waals surface area contributed by atoms with Crippen LogP contribution in [0.1, 0.15) is 20.3 Å². The second-order valence-corrected chi connectivity index (χ2v) is 5.50. The summed E-state index contributed by atoms with van der Waals surface area (Å²) >= 11 is 0. The van der Waals surface area contributed by atoms with E-state index in [0.29, 0.717) is 12.3 Å². The summed E-state index contributed by atoms with van der Waals surface area (Å²) in [7, 11) is -4.02. The van der Waals surface area contributed by atoms with Gasteiger partial charge < -0.3 is 21.3 Å². The molecule has 5 nitrogen and oxygen atoms in total. The van der Waals surface area contributed by atoms with Gasteiger partial charge in [0.25, 0.3) is 0 Å². The Morgan fingerprint density at radius 1 is 1.23 bits per heavy atom. The fourth-order valence-electron chi connectivity index (χ4n) is 1.13. The molecular formula is C7H19N2O3P. The van der Waals surface area contributed by atoms with Crippen molar-refractivity contribution in [3.63, 3.8) is 0 Å². The van der Waals surface area contributed by atoms with Crippen LogP contribution in [0.15, 0.2) is 0 Å². The van der Waals surface area contributed by atoms with Crippen molar-refractivity contribution in [1.29, 1.82) is 0 Å².